The smallest absolute Gasteiger partial charge is 0.141 e. The van der Waals surface area contributed by atoms with Gasteiger partial charge in [0, 0.05) is 6.07 Å². The minimum atomic E-state index is -0.638. The van der Waals surface area contributed by atoms with E-state index in [0.29, 0.717) is 24.2 Å². The summed E-state index contributed by atoms with van der Waals surface area (Å²) in [6.07, 6.45) is 7.97. The first-order chi connectivity index (χ1) is 9.50. The molecule has 1 fully saturated rings. The number of pyridine rings is 1. The third-order valence-electron chi connectivity index (χ3n) is 4.20. The van der Waals surface area contributed by atoms with Gasteiger partial charge in [0.25, 0.3) is 0 Å². The molecule has 0 bridgehead atoms. The Morgan fingerprint density at radius 2 is 1.95 bits per heavy atom. The van der Waals surface area contributed by atoms with Crippen molar-refractivity contribution in [3.63, 3.8) is 0 Å². The average Bonchev–Trinajstić information content (AvgIpc) is 2.44. The van der Waals surface area contributed by atoms with Crippen molar-refractivity contribution >= 4 is 0 Å². The second-order valence-corrected chi connectivity index (χ2v) is 6.18. The van der Waals surface area contributed by atoms with E-state index in [1.54, 1.807) is 19.5 Å². The van der Waals surface area contributed by atoms with E-state index in [9.17, 15) is 5.11 Å². The normalized spacial score (nSPS) is 23.4. The number of hydrogen-bond donors (Lipinski definition) is 1. The zero-order valence-electron chi connectivity index (χ0n) is 12.6. The summed E-state index contributed by atoms with van der Waals surface area (Å²) >= 11 is 0. The predicted octanol–water partition coefficient (Wildman–Crippen LogP) is 3.05. The van der Waals surface area contributed by atoms with Crippen molar-refractivity contribution in [2.24, 2.45) is 11.8 Å². The van der Waals surface area contributed by atoms with Crippen molar-refractivity contribution in [3.8, 4) is 11.5 Å². The van der Waals surface area contributed by atoms with E-state index >= 15 is 0 Å². The zero-order chi connectivity index (χ0) is 14.6. The van der Waals surface area contributed by atoms with E-state index in [4.69, 9.17) is 9.47 Å². The summed E-state index contributed by atoms with van der Waals surface area (Å²) in [7, 11) is 1.62. The van der Waals surface area contributed by atoms with Crippen LogP contribution in [0.4, 0.5) is 0 Å². The highest BCUT2D eigenvalue weighted by molar-refractivity contribution is 5.28. The fourth-order valence-corrected chi connectivity index (χ4v) is 3.13. The Balaban J connectivity index is 1.97. The molecule has 0 radical (unpaired) electrons. The number of ether oxygens (including phenoxy) is 2. The molecule has 1 heterocycles. The van der Waals surface area contributed by atoms with Gasteiger partial charge >= 0.3 is 0 Å². The maximum Gasteiger partial charge on any atom is 0.141 e. The summed E-state index contributed by atoms with van der Waals surface area (Å²) in [4.78, 5) is 4.09. The fourth-order valence-electron chi connectivity index (χ4n) is 3.13. The Labute approximate surface area is 121 Å². The quantitative estimate of drug-likeness (QED) is 0.900. The molecule has 1 aromatic heterocycles. The number of aromatic nitrogens is 1. The fraction of sp³-hybridized carbons (Fsp3) is 0.688. The van der Waals surface area contributed by atoms with Crippen LogP contribution >= 0.6 is 0 Å². The predicted molar refractivity (Wildman–Crippen MR) is 78.0 cm³/mol. The lowest BCUT2D eigenvalue weighted by molar-refractivity contribution is -0.0378. The van der Waals surface area contributed by atoms with Gasteiger partial charge in [0.15, 0.2) is 0 Å². The Morgan fingerprint density at radius 1 is 1.25 bits per heavy atom. The molecule has 1 N–H and O–H groups in total. The Hall–Kier alpha value is -1.29. The third-order valence-corrected chi connectivity index (χ3v) is 4.20. The zero-order valence-corrected chi connectivity index (χ0v) is 12.6. The molecule has 112 valence electrons. The molecule has 0 amide bonds. The molecule has 4 heteroatoms. The molecule has 0 aliphatic heterocycles. The summed E-state index contributed by atoms with van der Waals surface area (Å²) in [5.41, 5.74) is -0.638. The SMILES string of the molecule is COc1cncc(OCC2CCCCC2C(C)(C)O)c1. The number of aliphatic hydroxyl groups is 1. The second-order valence-electron chi connectivity index (χ2n) is 6.18. The maximum absolute atomic E-state index is 10.3. The first kappa shape index (κ1) is 15.1. The Morgan fingerprint density at radius 3 is 2.65 bits per heavy atom. The molecular weight excluding hydrogens is 254 g/mol. The lowest BCUT2D eigenvalue weighted by atomic mass is 9.72. The monoisotopic (exact) mass is 279 g/mol. The summed E-state index contributed by atoms with van der Waals surface area (Å²) in [6, 6.07) is 1.84. The second kappa shape index (κ2) is 6.44. The molecule has 0 saturated heterocycles. The van der Waals surface area contributed by atoms with Gasteiger partial charge in [0.1, 0.15) is 11.5 Å². The van der Waals surface area contributed by atoms with Crippen LogP contribution in [0.1, 0.15) is 39.5 Å². The molecule has 2 unspecified atom stereocenters. The van der Waals surface area contributed by atoms with Gasteiger partial charge in [0.05, 0.1) is 31.7 Å². The third kappa shape index (κ3) is 3.85. The minimum Gasteiger partial charge on any atom is -0.495 e. The first-order valence-electron chi connectivity index (χ1n) is 7.35. The van der Waals surface area contributed by atoms with Gasteiger partial charge in [0.2, 0.25) is 0 Å². The van der Waals surface area contributed by atoms with E-state index < -0.39 is 5.60 Å². The number of methoxy groups -OCH3 is 1. The lowest BCUT2D eigenvalue weighted by Crippen LogP contribution is -2.40. The largest absolute Gasteiger partial charge is 0.495 e. The van der Waals surface area contributed by atoms with E-state index in [0.717, 1.165) is 18.6 Å². The van der Waals surface area contributed by atoms with Crippen molar-refractivity contribution in [1.29, 1.82) is 0 Å². The van der Waals surface area contributed by atoms with E-state index in [-0.39, 0.29) is 0 Å². The van der Waals surface area contributed by atoms with Gasteiger partial charge < -0.3 is 14.6 Å². The van der Waals surface area contributed by atoms with Gasteiger partial charge in [-0.1, -0.05) is 12.8 Å². The van der Waals surface area contributed by atoms with E-state index in [1.165, 1.54) is 12.8 Å². The van der Waals surface area contributed by atoms with Crippen LogP contribution in [0.5, 0.6) is 11.5 Å². The maximum atomic E-state index is 10.3. The van der Waals surface area contributed by atoms with E-state index in [2.05, 4.69) is 4.98 Å². The molecular formula is C16H25NO3. The van der Waals surface area contributed by atoms with Crippen molar-refractivity contribution in [3.05, 3.63) is 18.5 Å². The van der Waals surface area contributed by atoms with Crippen LogP contribution < -0.4 is 9.47 Å². The van der Waals surface area contributed by atoms with E-state index in [1.807, 2.05) is 19.9 Å². The van der Waals surface area contributed by atoms with Crippen LogP contribution in [0.25, 0.3) is 0 Å². The van der Waals surface area contributed by atoms with Gasteiger partial charge in [-0.05, 0) is 38.5 Å². The minimum absolute atomic E-state index is 0.301. The van der Waals surface area contributed by atoms with Crippen LogP contribution in [0.15, 0.2) is 18.5 Å². The summed E-state index contributed by atoms with van der Waals surface area (Å²) in [5.74, 6) is 2.12. The molecule has 20 heavy (non-hydrogen) atoms. The van der Waals surface area contributed by atoms with Crippen LogP contribution in [0.2, 0.25) is 0 Å². The molecule has 1 aliphatic rings. The Bertz CT molecular complexity index is 428. The van der Waals surface area contributed by atoms with Crippen molar-refractivity contribution in [1.82, 2.24) is 4.98 Å². The van der Waals surface area contributed by atoms with Crippen LogP contribution in [-0.2, 0) is 0 Å². The number of rotatable bonds is 5. The molecule has 2 rings (SSSR count). The highest BCUT2D eigenvalue weighted by Gasteiger charge is 2.36. The van der Waals surface area contributed by atoms with Gasteiger partial charge in [-0.25, -0.2) is 0 Å². The molecule has 1 aliphatic carbocycles. The Kier molecular flexibility index (Phi) is 4.86. The lowest BCUT2D eigenvalue weighted by Gasteiger charge is -2.39. The first-order valence-corrected chi connectivity index (χ1v) is 7.35. The molecule has 0 aromatic carbocycles. The molecule has 0 spiro atoms. The van der Waals surface area contributed by atoms with Crippen LogP contribution in [-0.4, -0.2) is 29.4 Å². The van der Waals surface area contributed by atoms with Crippen LogP contribution in [0, 0.1) is 11.8 Å². The highest BCUT2D eigenvalue weighted by Crippen LogP contribution is 2.37. The molecule has 1 aromatic rings. The molecule has 4 nitrogen and oxygen atoms in total. The average molecular weight is 279 g/mol. The van der Waals surface area contributed by atoms with Crippen molar-refractivity contribution < 1.29 is 14.6 Å². The molecule has 1 saturated carbocycles. The number of hydrogen-bond acceptors (Lipinski definition) is 4. The van der Waals surface area contributed by atoms with Gasteiger partial charge in [-0.15, -0.1) is 0 Å². The highest BCUT2D eigenvalue weighted by atomic mass is 16.5. The summed E-state index contributed by atoms with van der Waals surface area (Å²) < 4.78 is 11.0. The summed E-state index contributed by atoms with van der Waals surface area (Å²) in [6.45, 7) is 4.44. The van der Waals surface area contributed by atoms with Gasteiger partial charge in [-0.3, -0.25) is 4.98 Å². The van der Waals surface area contributed by atoms with Crippen LogP contribution in [0.3, 0.4) is 0 Å². The van der Waals surface area contributed by atoms with Crippen molar-refractivity contribution in [2.45, 2.75) is 45.1 Å². The standard InChI is InChI=1S/C16H25NO3/c1-16(2,18)15-7-5-4-6-12(15)11-20-14-8-13(19-3)9-17-10-14/h8-10,12,15,18H,4-7,11H2,1-3H3. The topological polar surface area (TPSA) is 51.6 Å². The number of nitrogens with zero attached hydrogens (tertiary/aromatic N) is 1. The summed E-state index contributed by atoms with van der Waals surface area (Å²) in [5, 5.41) is 10.3. The van der Waals surface area contributed by atoms with Crippen molar-refractivity contribution in [2.75, 3.05) is 13.7 Å². The molecule has 2 atom stereocenters. The van der Waals surface area contributed by atoms with Gasteiger partial charge in [-0.2, -0.15) is 0 Å².